The van der Waals surface area contributed by atoms with Gasteiger partial charge in [-0.05, 0) is 44.2 Å². The SMILES string of the molecule is CC1CCC(C)C(NCC(C)(C)CN(C)C)C1. The third-order valence-corrected chi connectivity index (χ3v) is 4.05. The van der Waals surface area contributed by atoms with Gasteiger partial charge in [0.1, 0.15) is 0 Å². The van der Waals surface area contributed by atoms with Crippen LogP contribution in [0.1, 0.15) is 47.0 Å². The number of rotatable bonds is 5. The van der Waals surface area contributed by atoms with Crippen molar-refractivity contribution in [3.63, 3.8) is 0 Å². The number of hydrogen-bond acceptors (Lipinski definition) is 2. The van der Waals surface area contributed by atoms with Crippen LogP contribution in [-0.2, 0) is 0 Å². The molecule has 0 heterocycles. The van der Waals surface area contributed by atoms with Crippen molar-refractivity contribution < 1.29 is 0 Å². The van der Waals surface area contributed by atoms with E-state index < -0.39 is 0 Å². The lowest BCUT2D eigenvalue weighted by Gasteiger charge is -2.37. The van der Waals surface area contributed by atoms with E-state index >= 15 is 0 Å². The minimum atomic E-state index is 0.365. The van der Waals surface area contributed by atoms with Crippen molar-refractivity contribution in [2.24, 2.45) is 17.3 Å². The fraction of sp³-hybridized carbons (Fsp3) is 1.00. The van der Waals surface area contributed by atoms with Crippen LogP contribution in [0, 0.1) is 17.3 Å². The van der Waals surface area contributed by atoms with Crippen LogP contribution < -0.4 is 5.32 Å². The van der Waals surface area contributed by atoms with Gasteiger partial charge in [0, 0.05) is 19.1 Å². The number of nitrogens with one attached hydrogen (secondary N) is 1. The van der Waals surface area contributed by atoms with Crippen molar-refractivity contribution in [3.05, 3.63) is 0 Å². The summed E-state index contributed by atoms with van der Waals surface area (Å²) in [6.45, 7) is 11.8. The second-order valence-corrected chi connectivity index (χ2v) is 7.28. The lowest BCUT2D eigenvalue weighted by atomic mass is 9.79. The lowest BCUT2D eigenvalue weighted by Crippen LogP contribution is -2.46. The molecule has 0 bridgehead atoms. The summed E-state index contributed by atoms with van der Waals surface area (Å²) in [7, 11) is 4.32. The first kappa shape index (κ1) is 15.0. The molecule has 1 N–H and O–H groups in total. The van der Waals surface area contributed by atoms with Crippen molar-refractivity contribution in [2.45, 2.75) is 53.0 Å². The lowest BCUT2D eigenvalue weighted by molar-refractivity contribution is 0.182. The Morgan fingerprint density at radius 3 is 2.41 bits per heavy atom. The summed E-state index contributed by atoms with van der Waals surface area (Å²) < 4.78 is 0. The predicted octanol–water partition coefficient (Wildman–Crippen LogP) is 2.99. The van der Waals surface area contributed by atoms with Crippen molar-refractivity contribution in [1.82, 2.24) is 10.2 Å². The van der Waals surface area contributed by atoms with Gasteiger partial charge in [-0.15, -0.1) is 0 Å². The highest BCUT2D eigenvalue weighted by Crippen LogP contribution is 2.29. The van der Waals surface area contributed by atoms with Crippen LogP contribution in [0.5, 0.6) is 0 Å². The Morgan fingerprint density at radius 2 is 1.82 bits per heavy atom. The summed E-state index contributed by atoms with van der Waals surface area (Å²) in [4.78, 5) is 2.29. The van der Waals surface area contributed by atoms with E-state index in [2.05, 4.69) is 52.0 Å². The van der Waals surface area contributed by atoms with Crippen LogP contribution >= 0.6 is 0 Å². The van der Waals surface area contributed by atoms with Crippen molar-refractivity contribution in [2.75, 3.05) is 27.2 Å². The zero-order valence-electron chi connectivity index (χ0n) is 12.7. The van der Waals surface area contributed by atoms with E-state index in [1.54, 1.807) is 0 Å². The molecule has 1 aliphatic carbocycles. The Labute approximate surface area is 108 Å². The second-order valence-electron chi connectivity index (χ2n) is 7.28. The molecule has 1 rings (SSSR count). The normalized spacial score (nSPS) is 30.9. The molecule has 1 saturated carbocycles. The minimum absolute atomic E-state index is 0.365. The van der Waals surface area contributed by atoms with Crippen LogP contribution in [-0.4, -0.2) is 38.1 Å². The Kier molecular flexibility index (Phi) is 5.46. The third kappa shape index (κ3) is 5.39. The zero-order chi connectivity index (χ0) is 13.1. The molecule has 0 saturated heterocycles. The fourth-order valence-electron chi connectivity index (χ4n) is 3.14. The summed E-state index contributed by atoms with van der Waals surface area (Å²) in [5.74, 6) is 1.75. The number of nitrogens with zero attached hydrogens (tertiary/aromatic N) is 1. The highest BCUT2D eigenvalue weighted by Gasteiger charge is 2.27. The molecule has 3 unspecified atom stereocenters. The second kappa shape index (κ2) is 6.19. The maximum Gasteiger partial charge on any atom is 0.00954 e. The molecule has 0 spiro atoms. The molecule has 1 fully saturated rings. The van der Waals surface area contributed by atoms with Gasteiger partial charge in [0.15, 0.2) is 0 Å². The van der Waals surface area contributed by atoms with Gasteiger partial charge in [-0.3, -0.25) is 0 Å². The maximum atomic E-state index is 3.82. The molecule has 1 aliphatic rings. The molecule has 2 heteroatoms. The third-order valence-electron chi connectivity index (χ3n) is 4.05. The average Bonchev–Trinajstić information content (AvgIpc) is 2.17. The summed E-state index contributed by atoms with van der Waals surface area (Å²) in [6, 6.07) is 0.736. The molecular weight excluding hydrogens is 208 g/mol. The molecule has 0 aromatic carbocycles. The summed E-state index contributed by atoms with van der Waals surface area (Å²) in [5, 5.41) is 3.82. The van der Waals surface area contributed by atoms with Gasteiger partial charge >= 0.3 is 0 Å². The minimum Gasteiger partial charge on any atom is -0.313 e. The first-order valence-corrected chi connectivity index (χ1v) is 7.18. The van der Waals surface area contributed by atoms with Gasteiger partial charge in [-0.25, -0.2) is 0 Å². The smallest absolute Gasteiger partial charge is 0.00954 e. The van der Waals surface area contributed by atoms with E-state index in [4.69, 9.17) is 0 Å². The van der Waals surface area contributed by atoms with Crippen molar-refractivity contribution >= 4 is 0 Å². The molecule has 3 atom stereocenters. The van der Waals surface area contributed by atoms with Crippen LogP contribution in [0.2, 0.25) is 0 Å². The molecular formula is C15H32N2. The Bertz CT molecular complexity index is 223. The number of hydrogen-bond donors (Lipinski definition) is 1. The summed E-state index contributed by atoms with van der Waals surface area (Å²) in [5.41, 5.74) is 0.365. The van der Waals surface area contributed by atoms with E-state index in [1.807, 2.05) is 0 Å². The topological polar surface area (TPSA) is 15.3 Å². The molecule has 0 aromatic heterocycles. The molecule has 17 heavy (non-hydrogen) atoms. The summed E-state index contributed by atoms with van der Waals surface area (Å²) in [6.07, 6.45) is 4.17. The van der Waals surface area contributed by atoms with E-state index in [0.717, 1.165) is 31.0 Å². The first-order chi connectivity index (χ1) is 7.80. The van der Waals surface area contributed by atoms with Crippen molar-refractivity contribution in [3.8, 4) is 0 Å². The molecule has 0 aromatic rings. The van der Waals surface area contributed by atoms with Crippen LogP contribution in [0.4, 0.5) is 0 Å². The molecule has 102 valence electrons. The van der Waals surface area contributed by atoms with Gasteiger partial charge in [-0.1, -0.05) is 34.1 Å². The Hall–Kier alpha value is -0.0800. The molecule has 0 amide bonds. The van der Waals surface area contributed by atoms with Gasteiger partial charge in [0.05, 0.1) is 0 Å². The molecule has 0 aliphatic heterocycles. The van der Waals surface area contributed by atoms with Crippen LogP contribution in [0.25, 0.3) is 0 Å². The van der Waals surface area contributed by atoms with E-state index in [0.29, 0.717) is 5.41 Å². The van der Waals surface area contributed by atoms with Gasteiger partial charge in [0.25, 0.3) is 0 Å². The highest BCUT2D eigenvalue weighted by atomic mass is 15.1. The standard InChI is InChI=1S/C15H32N2/c1-12-7-8-13(2)14(9-12)16-10-15(3,4)11-17(5)6/h12-14,16H,7-11H2,1-6H3. The van der Waals surface area contributed by atoms with Crippen LogP contribution in [0.15, 0.2) is 0 Å². The molecule has 2 nitrogen and oxygen atoms in total. The Balaban J connectivity index is 2.38. The Morgan fingerprint density at radius 1 is 1.18 bits per heavy atom. The first-order valence-electron chi connectivity index (χ1n) is 7.18. The molecule has 0 radical (unpaired) electrons. The monoisotopic (exact) mass is 240 g/mol. The highest BCUT2D eigenvalue weighted by molar-refractivity contribution is 4.84. The fourth-order valence-corrected chi connectivity index (χ4v) is 3.14. The zero-order valence-corrected chi connectivity index (χ0v) is 12.7. The van der Waals surface area contributed by atoms with E-state index in [9.17, 15) is 0 Å². The van der Waals surface area contributed by atoms with Crippen LogP contribution in [0.3, 0.4) is 0 Å². The largest absolute Gasteiger partial charge is 0.313 e. The van der Waals surface area contributed by atoms with Gasteiger partial charge < -0.3 is 10.2 Å². The predicted molar refractivity (Wildman–Crippen MR) is 76.3 cm³/mol. The quantitative estimate of drug-likeness (QED) is 0.795. The van der Waals surface area contributed by atoms with E-state index in [1.165, 1.54) is 19.3 Å². The maximum absolute atomic E-state index is 3.82. The van der Waals surface area contributed by atoms with Crippen molar-refractivity contribution in [1.29, 1.82) is 0 Å². The van der Waals surface area contributed by atoms with E-state index in [-0.39, 0.29) is 0 Å². The average molecular weight is 240 g/mol. The van der Waals surface area contributed by atoms with Gasteiger partial charge in [-0.2, -0.15) is 0 Å². The van der Waals surface area contributed by atoms with Gasteiger partial charge in [0.2, 0.25) is 0 Å². The summed E-state index contributed by atoms with van der Waals surface area (Å²) >= 11 is 0.